The molecule has 0 atom stereocenters. The Morgan fingerprint density at radius 2 is 1.70 bits per heavy atom. The number of likely N-dealkylation sites (tertiary alicyclic amines) is 1. The Kier molecular flexibility index (Phi) is 7.18. The summed E-state index contributed by atoms with van der Waals surface area (Å²) in [4.78, 5) is 32.3. The summed E-state index contributed by atoms with van der Waals surface area (Å²) in [5.74, 6) is -0.628. The molecule has 1 fully saturated rings. The standard InChI is InChI=1S/C31H32FN7O4/c1-30(2,19-40)38-17-23(15-34-38)21-5-9-25(10-6-21)39-27-26(16-35-39)29(42)37(20-33-27)18-31(43)11-13-36(14-12-31)28(41)22-3-7-24(32)8-4-22/h3-10,15-17,20,40,43H,11-14,18-19H2,1-2H3. The molecule has 3 aromatic heterocycles. The topological polar surface area (TPSA) is 131 Å². The Bertz CT molecular complexity index is 1830. The van der Waals surface area contributed by atoms with Gasteiger partial charge >= 0.3 is 0 Å². The van der Waals surface area contributed by atoms with E-state index in [0.29, 0.717) is 29.7 Å². The van der Waals surface area contributed by atoms with E-state index in [9.17, 15) is 24.2 Å². The molecule has 0 radical (unpaired) electrons. The van der Waals surface area contributed by atoms with Crippen molar-refractivity contribution in [2.45, 2.75) is 44.4 Å². The quantitative estimate of drug-likeness (QED) is 0.300. The van der Waals surface area contributed by atoms with Crippen molar-refractivity contribution >= 4 is 16.9 Å². The third-order valence-corrected chi connectivity index (χ3v) is 8.13. The number of nitrogens with zero attached hydrogens (tertiary/aromatic N) is 7. The van der Waals surface area contributed by atoms with Crippen LogP contribution in [0.2, 0.25) is 0 Å². The average molecular weight is 586 g/mol. The highest BCUT2D eigenvalue weighted by Gasteiger charge is 2.35. The predicted molar refractivity (Wildman–Crippen MR) is 157 cm³/mol. The zero-order valence-electron chi connectivity index (χ0n) is 23.9. The number of aliphatic hydroxyl groups is 2. The highest BCUT2D eigenvalue weighted by Crippen LogP contribution is 2.26. The Labute approximate surface area is 246 Å². The molecule has 1 aliphatic heterocycles. The normalized spacial score (nSPS) is 15.2. The number of fused-ring (bicyclic) bond motifs is 1. The van der Waals surface area contributed by atoms with Gasteiger partial charge in [-0.2, -0.15) is 10.2 Å². The van der Waals surface area contributed by atoms with E-state index in [2.05, 4.69) is 15.2 Å². The largest absolute Gasteiger partial charge is 0.394 e. The molecule has 0 unspecified atom stereocenters. The van der Waals surface area contributed by atoms with Crippen LogP contribution in [-0.4, -0.2) is 75.4 Å². The predicted octanol–water partition coefficient (Wildman–Crippen LogP) is 2.98. The number of halogens is 1. The monoisotopic (exact) mass is 585 g/mol. The molecule has 2 aromatic carbocycles. The van der Waals surface area contributed by atoms with E-state index in [4.69, 9.17) is 0 Å². The van der Waals surface area contributed by atoms with E-state index in [1.807, 2.05) is 44.3 Å². The van der Waals surface area contributed by atoms with Crippen LogP contribution in [-0.2, 0) is 12.1 Å². The van der Waals surface area contributed by atoms with Gasteiger partial charge in [-0.05, 0) is 68.7 Å². The molecule has 6 rings (SSSR count). The van der Waals surface area contributed by atoms with Crippen LogP contribution in [0.5, 0.6) is 0 Å². The SMILES string of the molecule is CC(C)(CO)n1cc(-c2ccc(-n3ncc4c(=O)n(CC5(O)CCN(C(=O)c6ccc(F)cc6)CC5)cnc43)cc2)cn1. The number of carbonyl (C=O) groups is 1. The van der Waals surface area contributed by atoms with Gasteiger partial charge in [0.15, 0.2) is 5.65 Å². The maximum atomic E-state index is 13.4. The van der Waals surface area contributed by atoms with Crippen molar-refractivity contribution in [3.8, 4) is 16.8 Å². The second-order valence-corrected chi connectivity index (χ2v) is 11.7. The average Bonchev–Trinajstić information content (AvgIpc) is 3.68. The Morgan fingerprint density at radius 3 is 2.37 bits per heavy atom. The Hall–Kier alpha value is -4.68. The number of aromatic nitrogens is 6. The Balaban J connectivity index is 1.16. The van der Waals surface area contributed by atoms with E-state index in [1.165, 1.54) is 41.4 Å². The van der Waals surface area contributed by atoms with Gasteiger partial charge in [0.2, 0.25) is 0 Å². The van der Waals surface area contributed by atoms with Crippen LogP contribution in [0.15, 0.2) is 78.2 Å². The van der Waals surface area contributed by atoms with E-state index in [0.717, 1.165) is 16.8 Å². The lowest BCUT2D eigenvalue weighted by molar-refractivity contribution is -0.0299. The van der Waals surface area contributed by atoms with Crippen LogP contribution in [0, 0.1) is 5.82 Å². The lowest BCUT2D eigenvalue weighted by Gasteiger charge is -2.38. The van der Waals surface area contributed by atoms with Crippen LogP contribution >= 0.6 is 0 Å². The molecule has 11 nitrogen and oxygen atoms in total. The van der Waals surface area contributed by atoms with Crippen molar-refractivity contribution in [1.82, 2.24) is 34.0 Å². The summed E-state index contributed by atoms with van der Waals surface area (Å²) in [5.41, 5.74) is 1.35. The first-order valence-corrected chi connectivity index (χ1v) is 14.0. The second kappa shape index (κ2) is 10.9. The zero-order chi connectivity index (χ0) is 30.4. The van der Waals surface area contributed by atoms with Crippen LogP contribution in [0.4, 0.5) is 4.39 Å². The van der Waals surface area contributed by atoms with Gasteiger partial charge in [-0.15, -0.1) is 0 Å². The van der Waals surface area contributed by atoms with Gasteiger partial charge in [0.1, 0.15) is 17.5 Å². The summed E-state index contributed by atoms with van der Waals surface area (Å²) < 4.78 is 17.9. The van der Waals surface area contributed by atoms with Crippen molar-refractivity contribution < 1.29 is 19.4 Å². The number of benzene rings is 2. The fourth-order valence-electron chi connectivity index (χ4n) is 5.30. The van der Waals surface area contributed by atoms with E-state index in [1.54, 1.807) is 20.5 Å². The summed E-state index contributed by atoms with van der Waals surface area (Å²) >= 11 is 0. The smallest absolute Gasteiger partial charge is 0.264 e. The van der Waals surface area contributed by atoms with Gasteiger partial charge < -0.3 is 15.1 Å². The minimum absolute atomic E-state index is 0.0357. The van der Waals surface area contributed by atoms with Gasteiger partial charge in [-0.25, -0.2) is 14.1 Å². The first-order valence-electron chi connectivity index (χ1n) is 14.0. The van der Waals surface area contributed by atoms with Crippen molar-refractivity contribution in [1.29, 1.82) is 0 Å². The molecule has 0 spiro atoms. The highest BCUT2D eigenvalue weighted by molar-refractivity contribution is 5.94. The van der Waals surface area contributed by atoms with Gasteiger partial charge in [0.05, 0.1) is 42.4 Å². The first-order chi connectivity index (χ1) is 20.6. The fourth-order valence-corrected chi connectivity index (χ4v) is 5.30. The molecule has 0 saturated carbocycles. The molecular weight excluding hydrogens is 553 g/mol. The van der Waals surface area contributed by atoms with Crippen LogP contribution in [0.3, 0.4) is 0 Å². The molecule has 4 heterocycles. The van der Waals surface area contributed by atoms with Crippen molar-refractivity contribution in [3.05, 3.63) is 95.2 Å². The molecule has 0 aliphatic carbocycles. The van der Waals surface area contributed by atoms with Crippen LogP contribution in [0.25, 0.3) is 27.8 Å². The van der Waals surface area contributed by atoms with Crippen LogP contribution < -0.4 is 5.56 Å². The number of hydrogen-bond donors (Lipinski definition) is 2. The lowest BCUT2D eigenvalue weighted by Crippen LogP contribution is -2.49. The van der Waals surface area contributed by atoms with E-state index < -0.39 is 17.0 Å². The van der Waals surface area contributed by atoms with E-state index >= 15 is 0 Å². The highest BCUT2D eigenvalue weighted by atomic mass is 19.1. The summed E-state index contributed by atoms with van der Waals surface area (Å²) in [7, 11) is 0. The van der Waals surface area contributed by atoms with Gasteiger partial charge in [0.25, 0.3) is 11.5 Å². The summed E-state index contributed by atoms with van der Waals surface area (Å²) in [6.45, 7) is 4.43. The minimum Gasteiger partial charge on any atom is -0.394 e. The summed E-state index contributed by atoms with van der Waals surface area (Å²) in [5, 5.41) is 30.0. The molecule has 1 amide bonds. The molecule has 222 valence electrons. The molecule has 0 bridgehead atoms. The molecular formula is C31H32FN7O4. The van der Waals surface area contributed by atoms with Crippen LogP contribution in [0.1, 0.15) is 37.0 Å². The molecule has 1 aliphatic rings. The maximum Gasteiger partial charge on any atom is 0.264 e. The number of piperidine rings is 1. The third kappa shape index (κ3) is 5.46. The second-order valence-electron chi connectivity index (χ2n) is 11.7. The third-order valence-electron chi connectivity index (χ3n) is 8.13. The molecule has 2 N–H and O–H groups in total. The van der Waals surface area contributed by atoms with Crippen molar-refractivity contribution in [3.63, 3.8) is 0 Å². The van der Waals surface area contributed by atoms with Crippen molar-refractivity contribution in [2.75, 3.05) is 19.7 Å². The molecule has 1 saturated heterocycles. The minimum atomic E-state index is -1.19. The first kappa shape index (κ1) is 28.4. The maximum absolute atomic E-state index is 13.4. The zero-order valence-corrected chi connectivity index (χ0v) is 23.9. The molecule has 5 aromatic rings. The number of hydrogen-bond acceptors (Lipinski definition) is 7. The van der Waals surface area contributed by atoms with E-state index in [-0.39, 0.29) is 37.5 Å². The van der Waals surface area contributed by atoms with Gasteiger partial charge in [-0.1, -0.05) is 12.1 Å². The number of carbonyl (C=O) groups excluding carboxylic acids is 1. The number of amides is 1. The fraction of sp³-hybridized carbons (Fsp3) is 0.323. The van der Waals surface area contributed by atoms with Crippen molar-refractivity contribution in [2.24, 2.45) is 0 Å². The summed E-state index contributed by atoms with van der Waals surface area (Å²) in [6.07, 6.45) is 7.10. The summed E-state index contributed by atoms with van der Waals surface area (Å²) in [6, 6.07) is 13.0. The lowest BCUT2D eigenvalue weighted by atomic mass is 9.91. The molecule has 43 heavy (non-hydrogen) atoms. The Morgan fingerprint density at radius 1 is 1.00 bits per heavy atom. The number of rotatable bonds is 7. The molecule has 12 heteroatoms. The number of aliphatic hydroxyl groups excluding tert-OH is 1. The van der Waals surface area contributed by atoms with Gasteiger partial charge in [0, 0.05) is 30.4 Å². The van der Waals surface area contributed by atoms with Gasteiger partial charge in [-0.3, -0.25) is 18.8 Å².